The Kier molecular flexibility index (Phi) is 4.68. The topological polar surface area (TPSA) is 47.7 Å². The molecule has 1 atom stereocenters. The van der Waals surface area contributed by atoms with E-state index in [2.05, 4.69) is 23.0 Å². The fourth-order valence-corrected chi connectivity index (χ4v) is 3.06. The van der Waals surface area contributed by atoms with Gasteiger partial charge < -0.3 is 14.0 Å². The molecule has 23 heavy (non-hydrogen) atoms. The highest BCUT2D eigenvalue weighted by atomic mass is 16.5. The molecule has 5 nitrogen and oxygen atoms in total. The zero-order chi connectivity index (χ0) is 16.3. The number of nitrogens with zero attached hydrogens (tertiary/aromatic N) is 2. The highest BCUT2D eigenvalue weighted by molar-refractivity contribution is 5.31. The van der Waals surface area contributed by atoms with Crippen molar-refractivity contribution in [1.82, 2.24) is 10.1 Å². The fourth-order valence-electron chi connectivity index (χ4n) is 3.06. The summed E-state index contributed by atoms with van der Waals surface area (Å²) < 4.78 is 17.0. The van der Waals surface area contributed by atoms with Crippen molar-refractivity contribution >= 4 is 0 Å². The van der Waals surface area contributed by atoms with Crippen LogP contribution < -0.4 is 4.74 Å². The second kappa shape index (κ2) is 6.72. The van der Waals surface area contributed by atoms with Crippen molar-refractivity contribution in [3.8, 4) is 5.75 Å². The van der Waals surface area contributed by atoms with E-state index < -0.39 is 0 Å². The molecule has 1 unspecified atom stereocenters. The summed E-state index contributed by atoms with van der Waals surface area (Å²) in [6.45, 7) is 7.12. The highest BCUT2D eigenvalue weighted by Gasteiger charge is 2.39. The van der Waals surface area contributed by atoms with Crippen molar-refractivity contribution in [2.45, 2.75) is 32.4 Å². The molecule has 1 saturated heterocycles. The van der Waals surface area contributed by atoms with Gasteiger partial charge in [-0.05, 0) is 31.9 Å². The lowest BCUT2D eigenvalue weighted by Crippen LogP contribution is -2.41. The van der Waals surface area contributed by atoms with Gasteiger partial charge in [-0.25, -0.2) is 0 Å². The molecule has 0 N–H and O–H groups in total. The van der Waals surface area contributed by atoms with Gasteiger partial charge in [-0.3, -0.25) is 4.90 Å². The second-order valence-electron chi connectivity index (χ2n) is 6.33. The Balaban J connectivity index is 1.60. The van der Waals surface area contributed by atoms with Gasteiger partial charge >= 0.3 is 0 Å². The minimum atomic E-state index is -0.263. The van der Waals surface area contributed by atoms with Crippen LogP contribution in [-0.4, -0.2) is 42.5 Å². The first kappa shape index (κ1) is 16.0. The standard InChI is InChI=1S/C18H24N2O3/c1-14-6-4-5-7-17(14)22-13-18(21-3)8-9-20(12-18)11-16-10-15(2)23-19-16/h4-7,10H,8-9,11-13H2,1-3H3. The smallest absolute Gasteiger partial charge is 0.133 e. The summed E-state index contributed by atoms with van der Waals surface area (Å²) in [5, 5.41) is 4.07. The Morgan fingerprint density at radius 3 is 2.83 bits per heavy atom. The van der Waals surface area contributed by atoms with Crippen LogP contribution in [0.1, 0.15) is 23.4 Å². The largest absolute Gasteiger partial charge is 0.490 e. The summed E-state index contributed by atoms with van der Waals surface area (Å²) in [6.07, 6.45) is 0.951. The summed E-state index contributed by atoms with van der Waals surface area (Å²) in [5.41, 5.74) is 1.85. The number of rotatable bonds is 6. The van der Waals surface area contributed by atoms with Crippen molar-refractivity contribution in [2.75, 3.05) is 26.8 Å². The number of ether oxygens (including phenoxy) is 2. The zero-order valence-corrected chi connectivity index (χ0v) is 14.0. The Hall–Kier alpha value is -1.85. The molecule has 2 aromatic rings. The third-order valence-corrected chi connectivity index (χ3v) is 4.48. The molecule has 0 radical (unpaired) electrons. The minimum Gasteiger partial charge on any atom is -0.490 e. The van der Waals surface area contributed by atoms with Crippen LogP contribution in [0.25, 0.3) is 0 Å². The quantitative estimate of drug-likeness (QED) is 0.820. The third kappa shape index (κ3) is 3.74. The van der Waals surface area contributed by atoms with Gasteiger partial charge in [0.25, 0.3) is 0 Å². The Labute approximate surface area is 137 Å². The van der Waals surface area contributed by atoms with E-state index >= 15 is 0 Å². The van der Waals surface area contributed by atoms with Crippen molar-refractivity contribution < 1.29 is 14.0 Å². The van der Waals surface area contributed by atoms with Crippen molar-refractivity contribution in [3.63, 3.8) is 0 Å². The van der Waals surface area contributed by atoms with Gasteiger partial charge in [0, 0.05) is 32.8 Å². The lowest BCUT2D eigenvalue weighted by molar-refractivity contribution is -0.0361. The van der Waals surface area contributed by atoms with E-state index in [0.717, 1.165) is 48.8 Å². The van der Waals surface area contributed by atoms with Crippen LogP contribution in [0.2, 0.25) is 0 Å². The molecular weight excluding hydrogens is 292 g/mol. The van der Waals surface area contributed by atoms with Crippen LogP contribution in [0.3, 0.4) is 0 Å². The van der Waals surface area contributed by atoms with Crippen LogP contribution in [0.4, 0.5) is 0 Å². The van der Waals surface area contributed by atoms with E-state index in [4.69, 9.17) is 14.0 Å². The SMILES string of the molecule is COC1(COc2ccccc2C)CCN(Cc2cc(C)on2)C1. The average Bonchev–Trinajstić information content (AvgIpc) is 3.14. The minimum absolute atomic E-state index is 0.263. The Morgan fingerprint density at radius 1 is 1.30 bits per heavy atom. The molecule has 1 aliphatic rings. The van der Waals surface area contributed by atoms with E-state index in [1.807, 2.05) is 31.2 Å². The first-order valence-electron chi connectivity index (χ1n) is 7.98. The molecular formula is C18H24N2O3. The Morgan fingerprint density at radius 2 is 2.13 bits per heavy atom. The van der Waals surface area contributed by atoms with Crippen LogP contribution in [-0.2, 0) is 11.3 Å². The lowest BCUT2D eigenvalue weighted by Gasteiger charge is -2.28. The monoisotopic (exact) mass is 316 g/mol. The second-order valence-corrected chi connectivity index (χ2v) is 6.33. The normalized spacial score (nSPS) is 21.7. The van der Waals surface area contributed by atoms with Gasteiger partial charge in [0.05, 0.1) is 5.69 Å². The van der Waals surface area contributed by atoms with Crippen LogP contribution in [0.5, 0.6) is 5.75 Å². The van der Waals surface area contributed by atoms with Crippen LogP contribution in [0, 0.1) is 13.8 Å². The number of benzene rings is 1. The number of hydrogen-bond donors (Lipinski definition) is 0. The number of aryl methyl sites for hydroxylation is 2. The van der Waals surface area contributed by atoms with E-state index in [1.54, 1.807) is 7.11 Å². The summed E-state index contributed by atoms with van der Waals surface area (Å²) in [6, 6.07) is 10.1. The summed E-state index contributed by atoms with van der Waals surface area (Å²) >= 11 is 0. The number of hydrogen-bond acceptors (Lipinski definition) is 5. The molecule has 2 heterocycles. The first-order chi connectivity index (χ1) is 11.1. The summed E-state index contributed by atoms with van der Waals surface area (Å²) in [4.78, 5) is 2.34. The molecule has 5 heteroatoms. The maximum Gasteiger partial charge on any atom is 0.133 e. The van der Waals surface area contributed by atoms with Gasteiger partial charge in [-0.15, -0.1) is 0 Å². The van der Waals surface area contributed by atoms with Gasteiger partial charge in [-0.1, -0.05) is 23.4 Å². The van der Waals surface area contributed by atoms with Crippen LogP contribution in [0.15, 0.2) is 34.9 Å². The van der Waals surface area contributed by atoms with Gasteiger partial charge in [0.2, 0.25) is 0 Å². The molecule has 1 aromatic carbocycles. The molecule has 1 aliphatic heterocycles. The predicted molar refractivity (Wildman–Crippen MR) is 87.5 cm³/mol. The maximum atomic E-state index is 6.03. The molecule has 3 rings (SSSR count). The van der Waals surface area contributed by atoms with Crippen molar-refractivity contribution in [2.24, 2.45) is 0 Å². The molecule has 1 aromatic heterocycles. The molecule has 0 bridgehead atoms. The van der Waals surface area contributed by atoms with Gasteiger partial charge in [-0.2, -0.15) is 0 Å². The van der Waals surface area contributed by atoms with Gasteiger partial charge in [0.1, 0.15) is 23.7 Å². The van der Waals surface area contributed by atoms with E-state index in [0.29, 0.717) is 6.61 Å². The van der Waals surface area contributed by atoms with E-state index in [-0.39, 0.29) is 5.60 Å². The van der Waals surface area contributed by atoms with E-state index in [1.165, 1.54) is 0 Å². The maximum absolute atomic E-state index is 6.03. The van der Waals surface area contributed by atoms with Crippen molar-refractivity contribution in [3.05, 3.63) is 47.3 Å². The number of para-hydroxylation sites is 1. The molecule has 0 spiro atoms. The molecule has 0 saturated carbocycles. The molecule has 1 fully saturated rings. The molecule has 124 valence electrons. The predicted octanol–water partition coefficient (Wildman–Crippen LogP) is 2.96. The van der Waals surface area contributed by atoms with Crippen LogP contribution >= 0.6 is 0 Å². The number of aromatic nitrogens is 1. The lowest BCUT2D eigenvalue weighted by atomic mass is 10.0. The summed E-state index contributed by atoms with van der Waals surface area (Å²) in [7, 11) is 1.77. The third-order valence-electron chi connectivity index (χ3n) is 4.48. The Bertz CT molecular complexity index is 655. The first-order valence-corrected chi connectivity index (χ1v) is 7.98. The van der Waals surface area contributed by atoms with Crippen molar-refractivity contribution in [1.29, 1.82) is 0 Å². The fraction of sp³-hybridized carbons (Fsp3) is 0.500. The highest BCUT2D eigenvalue weighted by Crippen LogP contribution is 2.28. The molecule has 0 amide bonds. The number of likely N-dealkylation sites (tertiary alicyclic amines) is 1. The number of methoxy groups -OCH3 is 1. The van der Waals surface area contributed by atoms with E-state index in [9.17, 15) is 0 Å². The van der Waals surface area contributed by atoms with Gasteiger partial charge in [0.15, 0.2) is 0 Å². The average molecular weight is 316 g/mol. The molecule has 0 aliphatic carbocycles. The summed E-state index contributed by atoms with van der Waals surface area (Å²) in [5.74, 6) is 1.77. The zero-order valence-electron chi connectivity index (χ0n) is 14.0.